The summed E-state index contributed by atoms with van der Waals surface area (Å²) in [4.78, 5) is 0.362. The summed E-state index contributed by atoms with van der Waals surface area (Å²) >= 11 is 8.55. The van der Waals surface area contributed by atoms with Crippen LogP contribution in [-0.2, 0) is 7.05 Å². The van der Waals surface area contributed by atoms with E-state index in [1.165, 1.54) is 5.56 Å². The molecule has 2 rings (SSSR count). The van der Waals surface area contributed by atoms with Gasteiger partial charge in [0.15, 0.2) is 0 Å². The molecule has 0 saturated carbocycles. The van der Waals surface area contributed by atoms with Gasteiger partial charge >= 0.3 is 0 Å². The first-order chi connectivity index (χ1) is 9.40. The average molecular weight is 353 g/mol. The number of aryl methyl sites for hydroxylation is 2. The zero-order valence-electron chi connectivity index (χ0n) is 11.6. The van der Waals surface area contributed by atoms with E-state index in [4.69, 9.17) is 18.0 Å². The fourth-order valence-electron chi connectivity index (χ4n) is 2.16. The van der Waals surface area contributed by atoms with Crippen LogP contribution in [-0.4, -0.2) is 14.8 Å². The molecule has 0 fully saturated rings. The van der Waals surface area contributed by atoms with Gasteiger partial charge in [0, 0.05) is 17.6 Å². The number of benzene rings is 1. The quantitative estimate of drug-likeness (QED) is 0.829. The van der Waals surface area contributed by atoms with Crippen LogP contribution in [0.25, 0.3) is 0 Å². The third-order valence-corrected chi connectivity index (χ3v) is 3.92. The van der Waals surface area contributed by atoms with E-state index in [1.807, 2.05) is 26.1 Å². The Bertz CT molecular complexity index is 633. The predicted octanol–water partition coefficient (Wildman–Crippen LogP) is 3.30. The first kappa shape index (κ1) is 15.0. The van der Waals surface area contributed by atoms with E-state index in [0.29, 0.717) is 4.99 Å². The van der Waals surface area contributed by atoms with Crippen molar-refractivity contribution in [3.63, 3.8) is 0 Å². The molecule has 0 amide bonds. The first-order valence-corrected chi connectivity index (χ1v) is 7.45. The highest BCUT2D eigenvalue weighted by Gasteiger charge is 2.17. The molecule has 4 nitrogen and oxygen atoms in total. The summed E-state index contributed by atoms with van der Waals surface area (Å²) in [6, 6.07) is 8.33. The molecular formula is C14H17BrN4S. The van der Waals surface area contributed by atoms with Crippen molar-refractivity contribution >= 4 is 39.0 Å². The number of aromatic nitrogens is 2. The number of nitrogens with two attached hydrogens (primary N) is 1. The number of halogens is 1. The van der Waals surface area contributed by atoms with E-state index in [0.717, 1.165) is 21.5 Å². The maximum absolute atomic E-state index is 5.79. The van der Waals surface area contributed by atoms with E-state index in [1.54, 1.807) is 4.68 Å². The number of hydrogen-bond acceptors (Lipinski definition) is 3. The molecule has 1 atom stereocenters. The summed E-state index contributed by atoms with van der Waals surface area (Å²) in [6.45, 7) is 4.00. The van der Waals surface area contributed by atoms with E-state index >= 15 is 0 Å². The Morgan fingerprint density at radius 2 is 2.00 bits per heavy atom. The highest BCUT2D eigenvalue weighted by Crippen LogP contribution is 2.25. The van der Waals surface area contributed by atoms with Crippen molar-refractivity contribution in [2.75, 3.05) is 5.32 Å². The van der Waals surface area contributed by atoms with Crippen molar-refractivity contribution in [1.29, 1.82) is 0 Å². The number of nitrogens with zero attached hydrogens (tertiary/aromatic N) is 2. The summed E-state index contributed by atoms with van der Waals surface area (Å²) in [5.41, 5.74) is 8.63. The van der Waals surface area contributed by atoms with Crippen LogP contribution in [0, 0.1) is 6.92 Å². The van der Waals surface area contributed by atoms with Gasteiger partial charge < -0.3 is 11.1 Å². The van der Waals surface area contributed by atoms with Gasteiger partial charge in [-0.15, -0.1) is 0 Å². The lowest BCUT2D eigenvalue weighted by Crippen LogP contribution is -2.16. The number of hydrogen-bond donors (Lipinski definition) is 2. The molecular weight excluding hydrogens is 336 g/mol. The van der Waals surface area contributed by atoms with Crippen molar-refractivity contribution in [3.05, 3.63) is 45.6 Å². The molecule has 1 heterocycles. The van der Waals surface area contributed by atoms with Crippen LogP contribution in [0.4, 0.5) is 5.82 Å². The molecule has 0 spiro atoms. The highest BCUT2D eigenvalue weighted by molar-refractivity contribution is 9.10. The minimum Gasteiger partial charge on any atom is -0.389 e. The van der Waals surface area contributed by atoms with Gasteiger partial charge in [0.25, 0.3) is 0 Å². The second-order valence-corrected chi connectivity index (χ2v) is 6.07. The molecule has 1 aromatic heterocycles. The normalized spacial score (nSPS) is 12.2. The molecule has 0 aliphatic carbocycles. The van der Waals surface area contributed by atoms with Crippen LogP contribution in [0.2, 0.25) is 0 Å². The third-order valence-electron chi connectivity index (χ3n) is 3.19. The zero-order chi connectivity index (χ0) is 14.9. The number of rotatable bonds is 4. The van der Waals surface area contributed by atoms with Crippen molar-refractivity contribution in [2.24, 2.45) is 12.8 Å². The summed E-state index contributed by atoms with van der Waals surface area (Å²) < 4.78 is 2.84. The van der Waals surface area contributed by atoms with Gasteiger partial charge in [-0.3, -0.25) is 4.68 Å². The van der Waals surface area contributed by atoms with Gasteiger partial charge in [-0.1, -0.05) is 40.3 Å². The number of nitrogens with one attached hydrogen (secondary N) is 1. The molecule has 0 aliphatic rings. The standard InChI is InChI=1S/C14H17BrN4S/c1-8(10-4-6-11(15)7-5-10)17-14-12(13(16)20)9(2)18-19(14)3/h4-8,17H,1-3H3,(H2,16,20). The maximum Gasteiger partial charge on any atom is 0.135 e. The van der Waals surface area contributed by atoms with Crippen LogP contribution in [0.15, 0.2) is 28.7 Å². The minimum absolute atomic E-state index is 0.131. The first-order valence-electron chi connectivity index (χ1n) is 6.25. The molecule has 0 saturated heterocycles. The molecule has 6 heteroatoms. The van der Waals surface area contributed by atoms with Crippen LogP contribution >= 0.6 is 28.1 Å². The van der Waals surface area contributed by atoms with Gasteiger partial charge in [0.1, 0.15) is 10.8 Å². The molecule has 3 N–H and O–H groups in total. The van der Waals surface area contributed by atoms with Gasteiger partial charge in [0.2, 0.25) is 0 Å². The van der Waals surface area contributed by atoms with Crippen molar-refractivity contribution in [1.82, 2.24) is 9.78 Å². The predicted molar refractivity (Wildman–Crippen MR) is 90.0 cm³/mol. The van der Waals surface area contributed by atoms with E-state index in [2.05, 4.69) is 45.4 Å². The molecule has 0 aliphatic heterocycles. The summed E-state index contributed by atoms with van der Waals surface area (Å²) in [7, 11) is 1.88. The minimum atomic E-state index is 0.131. The second kappa shape index (κ2) is 5.93. The van der Waals surface area contributed by atoms with Gasteiger partial charge in [-0.05, 0) is 31.5 Å². The Morgan fingerprint density at radius 1 is 1.40 bits per heavy atom. The smallest absolute Gasteiger partial charge is 0.135 e. The van der Waals surface area contributed by atoms with Gasteiger partial charge in [0.05, 0.1) is 11.3 Å². The zero-order valence-corrected chi connectivity index (χ0v) is 14.0. The lowest BCUT2D eigenvalue weighted by molar-refractivity contribution is 0.742. The average Bonchev–Trinajstić information content (AvgIpc) is 2.64. The summed E-state index contributed by atoms with van der Waals surface area (Å²) in [5, 5.41) is 7.81. The van der Waals surface area contributed by atoms with Crippen molar-refractivity contribution in [2.45, 2.75) is 19.9 Å². The van der Waals surface area contributed by atoms with E-state index in [-0.39, 0.29) is 6.04 Å². The lowest BCUT2D eigenvalue weighted by atomic mass is 10.1. The Labute approximate surface area is 132 Å². The summed E-state index contributed by atoms with van der Waals surface area (Å²) in [6.07, 6.45) is 0. The van der Waals surface area contributed by atoms with Gasteiger partial charge in [-0.2, -0.15) is 5.10 Å². The van der Waals surface area contributed by atoms with E-state index < -0.39 is 0 Å². The Hall–Kier alpha value is -1.40. The van der Waals surface area contributed by atoms with Crippen molar-refractivity contribution < 1.29 is 0 Å². The topological polar surface area (TPSA) is 55.9 Å². The van der Waals surface area contributed by atoms with Crippen LogP contribution in [0.3, 0.4) is 0 Å². The molecule has 0 radical (unpaired) electrons. The Balaban J connectivity index is 2.30. The summed E-state index contributed by atoms with van der Waals surface area (Å²) in [5.74, 6) is 0.852. The molecule has 20 heavy (non-hydrogen) atoms. The highest BCUT2D eigenvalue weighted by atomic mass is 79.9. The maximum atomic E-state index is 5.79. The Kier molecular flexibility index (Phi) is 4.45. The largest absolute Gasteiger partial charge is 0.389 e. The van der Waals surface area contributed by atoms with Crippen molar-refractivity contribution in [3.8, 4) is 0 Å². The fourth-order valence-corrected chi connectivity index (χ4v) is 2.67. The number of thiocarbonyl (C=S) groups is 1. The number of anilines is 1. The lowest BCUT2D eigenvalue weighted by Gasteiger charge is -2.17. The molecule has 1 aromatic carbocycles. The SMILES string of the molecule is Cc1nn(C)c(NC(C)c2ccc(Br)cc2)c1C(N)=S. The fraction of sp³-hybridized carbons (Fsp3) is 0.286. The van der Waals surface area contributed by atoms with Crippen LogP contribution < -0.4 is 11.1 Å². The molecule has 106 valence electrons. The molecule has 1 unspecified atom stereocenters. The van der Waals surface area contributed by atoms with Crippen LogP contribution in [0.1, 0.15) is 29.8 Å². The molecule has 0 bridgehead atoms. The Morgan fingerprint density at radius 3 is 2.55 bits per heavy atom. The van der Waals surface area contributed by atoms with Crippen LogP contribution in [0.5, 0.6) is 0 Å². The van der Waals surface area contributed by atoms with E-state index in [9.17, 15) is 0 Å². The van der Waals surface area contributed by atoms with Gasteiger partial charge in [-0.25, -0.2) is 0 Å². The molecule has 2 aromatic rings. The second-order valence-electron chi connectivity index (χ2n) is 4.71. The third kappa shape index (κ3) is 3.02. The monoisotopic (exact) mass is 352 g/mol.